The van der Waals surface area contributed by atoms with Gasteiger partial charge in [0.2, 0.25) is 0 Å². The predicted molar refractivity (Wildman–Crippen MR) is 64.0 cm³/mol. The Hall–Kier alpha value is -1.80. The smallest absolute Gasteiger partial charge is 0.421 e. The maximum Gasteiger partial charge on any atom is 0.421 e. The Balaban J connectivity index is 2.51. The molecule has 0 saturated heterocycles. The highest BCUT2D eigenvalue weighted by molar-refractivity contribution is 7.88. The summed E-state index contributed by atoms with van der Waals surface area (Å²) >= 11 is 0. The van der Waals surface area contributed by atoms with Gasteiger partial charge in [0.25, 0.3) is 0 Å². The first kappa shape index (κ1) is 14.3. The van der Waals surface area contributed by atoms with E-state index in [0.717, 1.165) is 0 Å². The van der Waals surface area contributed by atoms with Gasteiger partial charge in [0.05, 0.1) is 6.61 Å². The van der Waals surface area contributed by atoms with Gasteiger partial charge in [0, 0.05) is 6.54 Å². The summed E-state index contributed by atoms with van der Waals surface area (Å²) in [6.07, 6.45) is -1.03. The van der Waals surface area contributed by atoms with Crippen molar-refractivity contribution in [2.45, 2.75) is 13.5 Å². The van der Waals surface area contributed by atoms with Crippen LogP contribution in [0.3, 0.4) is 0 Å². The van der Waals surface area contributed by atoms with Gasteiger partial charge in [0.15, 0.2) is 0 Å². The van der Waals surface area contributed by atoms with Crippen molar-refractivity contribution in [3.63, 3.8) is 0 Å². The number of benzene rings is 1. The summed E-state index contributed by atoms with van der Waals surface area (Å²) in [7, 11) is -3.95. The lowest BCUT2D eigenvalue weighted by Crippen LogP contribution is -2.40. The minimum atomic E-state index is -3.95. The molecule has 0 saturated carbocycles. The number of rotatable bonds is 5. The third-order valence-electron chi connectivity index (χ3n) is 1.90. The number of hydrogen-bond donors (Lipinski definition) is 3. The fourth-order valence-electron chi connectivity index (χ4n) is 1.10. The van der Waals surface area contributed by atoms with E-state index in [4.69, 9.17) is 5.11 Å². The zero-order valence-electron chi connectivity index (χ0n) is 9.71. The summed E-state index contributed by atoms with van der Waals surface area (Å²) in [5, 5.41) is 9.05. The first-order chi connectivity index (χ1) is 8.43. The first-order valence-electron chi connectivity index (χ1n) is 5.15. The minimum absolute atomic E-state index is 0.00494. The maximum atomic E-state index is 11.4. The van der Waals surface area contributed by atoms with Crippen LogP contribution in [-0.2, 0) is 21.5 Å². The molecule has 0 aliphatic carbocycles. The molecule has 18 heavy (non-hydrogen) atoms. The van der Waals surface area contributed by atoms with Gasteiger partial charge in [-0.15, -0.1) is 0 Å². The number of ether oxygens (including phenoxy) is 1. The maximum absolute atomic E-state index is 11.4. The molecule has 7 nitrogen and oxygen atoms in total. The molecule has 3 N–H and O–H groups in total. The van der Waals surface area contributed by atoms with Crippen LogP contribution in [0.25, 0.3) is 0 Å². The number of nitrogens with one attached hydrogen (secondary N) is 2. The van der Waals surface area contributed by atoms with E-state index in [2.05, 4.69) is 9.46 Å². The Labute approximate surface area is 105 Å². The van der Waals surface area contributed by atoms with Crippen LogP contribution in [0.1, 0.15) is 12.5 Å². The molecular formula is C10H14N2O5S. The van der Waals surface area contributed by atoms with Crippen molar-refractivity contribution in [2.75, 3.05) is 6.61 Å². The van der Waals surface area contributed by atoms with Gasteiger partial charge in [-0.3, -0.25) is 0 Å². The van der Waals surface area contributed by atoms with E-state index in [0.29, 0.717) is 5.56 Å². The van der Waals surface area contributed by atoms with Crippen LogP contribution < -0.4 is 9.44 Å². The van der Waals surface area contributed by atoms with Crippen molar-refractivity contribution < 1.29 is 23.1 Å². The lowest BCUT2D eigenvalue weighted by Gasteiger charge is -2.08. The van der Waals surface area contributed by atoms with E-state index in [1.165, 1.54) is 12.1 Å². The zero-order valence-corrected chi connectivity index (χ0v) is 10.5. The molecule has 0 aliphatic heterocycles. The van der Waals surface area contributed by atoms with Crippen LogP contribution in [0.15, 0.2) is 24.3 Å². The summed E-state index contributed by atoms with van der Waals surface area (Å²) < 4.78 is 31.1. The second kappa shape index (κ2) is 6.22. The number of phenolic OH excluding ortho intramolecular Hbond substituents is 1. The van der Waals surface area contributed by atoms with Crippen LogP contribution >= 0.6 is 0 Å². The highest BCUT2D eigenvalue weighted by Crippen LogP contribution is 2.09. The fourth-order valence-corrected chi connectivity index (χ4v) is 1.81. The van der Waals surface area contributed by atoms with E-state index < -0.39 is 16.3 Å². The van der Waals surface area contributed by atoms with E-state index >= 15 is 0 Å². The normalized spacial score (nSPS) is 10.9. The van der Waals surface area contributed by atoms with Gasteiger partial charge >= 0.3 is 16.3 Å². The van der Waals surface area contributed by atoms with E-state index in [9.17, 15) is 13.2 Å². The Morgan fingerprint density at radius 3 is 2.50 bits per heavy atom. The Morgan fingerprint density at radius 2 is 1.94 bits per heavy atom. The van der Waals surface area contributed by atoms with Gasteiger partial charge < -0.3 is 9.84 Å². The number of aromatic hydroxyl groups is 1. The molecule has 0 unspecified atom stereocenters. The van der Waals surface area contributed by atoms with E-state index in [1.807, 2.05) is 0 Å². The number of carbonyl (C=O) groups excluding carboxylic acids is 1. The standard InChI is InChI=1S/C10H14N2O5S/c1-2-17-10(14)12-18(15,16)11-7-8-3-5-9(13)6-4-8/h3-6,11,13H,2,7H2,1H3,(H,12,14). The van der Waals surface area contributed by atoms with Gasteiger partial charge in [-0.1, -0.05) is 12.1 Å². The van der Waals surface area contributed by atoms with Gasteiger partial charge in [-0.25, -0.2) is 9.52 Å². The molecule has 1 rings (SSSR count). The molecule has 1 amide bonds. The van der Waals surface area contributed by atoms with Crippen LogP contribution in [0.2, 0.25) is 0 Å². The molecule has 0 radical (unpaired) electrons. The molecule has 1 aromatic rings. The molecule has 0 heterocycles. The highest BCUT2D eigenvalue weighted by Gasteiger charge is 2.14. The van der Waals surface area contributed by atoms with Crippen LogP contribution in [0.5, 0.6) is 5.75 Å². The van der Waals surface area contributed by atoms with Crippen molar-refractivity contribution in [3.05, 3.63) is 29.8 Å². The molecule has 0 aliphatic rings. The van der Waals surface area contributed by atoms with E-state index in [1.54, 1.807) is 23.8 Å². The van der Waals surface area contributed by atoms with E-state index in [-0.39, 0.29) is 18.9 Å². The lowest BCUT2D eigenvalue weighted by atomic mass is 10.2. The van der Waals surface area contributed by atoms with Crippen molar-refractivity contribution in [1.82, 2.24) is 9.44 Å². The molecule has 8 heteroatoms. The average Bonchev–Trinajstić information content (AvgIpc) is 2.28. The third kappa shape index (κ3) is 5.02. The second-order valence-corrected chi connectivity index (χ2v) is 4.81. The zero-order chi connectivity index (χ0) is 13.6. The largest absolute Gasteiger partial charge is 0.508 e. The third-order valence-corrected chi connectivity index (χ3v) is 2.86. The molecule has 0 atom stereocenters. The van der Waals surface area contributed by atoms with Gasteiger partial charge in [-0.2, -0.15) is 13.1 Å². The Kier molecular flexibility index (Phi) is 4.93. The van der Waals surface area contributed by atoms with Crippen molar-refractivity contribution >= 4 is 16.3 Å². The predicted octanol–water partition coefficient (Wildman–Crippen LogP) is 0.473. The number of carbonyl (C=O) groups is 1. The SMILES string of the molecule is CCOC(=O)NS(=O)(=O)NCc1ccc(O)cc1. The Bertz CT molecular complexity index is 498. The summed E-state index contributed by atoms with van der Waals surface area (Å²) in [5.74, 6) is 0.0891. The molecule has 0 spiro atoms. The molecule has 1 aromatic carbocycles. The topological polar surface area (TPSA) is 105 Å². The van der Waals surface area contributed by atoms with Crippen molar-refractivity contribution in [2.24, 2.45) is 0 Å². The number of amides is 1. The number of hydrogen-bond acceptors (Lipinski definition) is 5. The molecule has 0 bridgehead atoms. The lowest BCUT2D eigenvalue weighted by molar-refractivity contribution is 0.158. The van der Waals surface area contributed by atoms with Crippen LogP contribution in [0.4, 0.5) is 4.79 Å². The highest BCUT2D eigenvalue weighted by atomic mass is 32.2. The van der Waals surface area contributed by atoms with Crippen LogP contribution in [0, 0.1) is 0 Å². The number of phenols is 1. The Morgan fingerprint density at radius 1 is 1.33 bits per heavy atom. The van der Waals surface area contributed by atoms with Crippen molar-refractivity contribution in [1.29, 1.82) is 0 Å². The second-order valence-electron chi connectivity index (χ2n) is 3.31. The summed E-state index contributed by atoms with van der Waals surface area (Å²) in [6, 6.07) is 5.98. The summed E-state index contributed by atoms with van der Waals surface area (Å²) in [4.78, 5) is 10.9. The van der Waals surface area contributed by atoms with Gasteiger partial charge in [-0.05, 0) is 24.6 Å². The van der Waals surface area contributed by atoms with Crippen molar-refractivity contribution in [3.8, 4) is 5.75 Å². The molecule has 100 valence electrons. The molecule has 0 aromatic heterocycles. The first-order valence-corrected chi connectivity index (χ1v) is 6.63. The minimum Gasteiger partial charge on any atom is -0.508 e. The average molecular weight is 274 g/mol. The van der Waals surface area contributed by atoms with Gasteiger partial charge in [0.1, 0.15) is 5.75 Å². The quantitative estimate of drug-likeness (QED) is 0.724. The molecule has 0 fully saturated rings. The summed E-state index contributed by atoms with van der Waals surface area (Å²) in [5.41, 5.74) is 0.641. The fraction of sp³-hybridized carbons (Fsp3) is 0.300. The summed E-state index contributed by atoms with van der Waals surface area (Å²) in [6.45, 7) is 1.64. The molecular weight excluding hydrogens is 260 g/mol. The monoisotopic (exact) mass is 274 g/mol. The van der Waals surface area contributed by atoms with Crippen LogP contribution in [-0.4, -0.2) is 26.2 Å².